The van der Waals surface area contributed by atoms with Crippen LogP contribution < -0.4 is 32.3 Å². The molecule has 10 N–H and O–H groups in total. The van der Waals surface area contributed by atoms with Gasteiger partial charge < -0.3 is 56.9 Å². The van der Waals surface area contributed by atoms with E-state index in [1.165, 1.54) is 19.4 Å². The number of nitrogens with zero attached hydrogens (tertiary/aromatic N) is 1. The van der Waals surface area contributed by atoms with Crippen LogP contribution in [0.5, 0.6) is 0 Å². The van der Waals surface area contributed by atoms with Crippen LogP contribution in [0, 0.1) is 0 Å². The summed E-state index contributed by atoms with van der Waals surface area (Å²) >= 11 is 0. The number of imidazole rings is 1. The number of hydrogen-bond acceptors (Lipinski definition) is 10. The number of aliphatic carboxylic acids is 1. The summed E-state index contributed by atoms with van der Waals surface area (Å²) in [5.74, 6) is -5.53. The molecule has 62 heavy (non-hydrogen) atoms. The van der Waals surface area contributed by atoms with Gasteiger partial charge in [-0.15, -0.1) is 0 Å². The van der Waals surface area contributed by atoms with Crippen LogP contribution in [0.15, 0.2) is 104 Å². The minimum absolute atomic E-state index is 0.0242. The first-order valence-corrected chi connectivity index (χ1v) is 19.7. The molecule has 0 bridgehead atoms. The quantitative estimate of drug-likeness (QED) is 0.0454. The van der Waals surface area contributed by atoms with E-state index in [-0.39, 0.29) is 26.1 Å². The number of amides is 6. The van der Waals surface area contributed by atoms with E-state index in [9.17, 15) is 38.7 Å². The third kappa shape index (κ3) is 14.0. The van der Waals surface area contributed by atoms with Gasteiger partial charge in [-0.05, 0) is 36.1 Å². The predicted octanol–water partition coefficient (Wildman–Crippen LogP) is 1.50. The number of carboxylic acid groups (broad SMARTS) is 1. The smallest absolute Gasteiger partial charge is 0.408 e. The topological polar surface area (TPSA) is 289 Å². The zero-order chi connectivity index (χ0) is 44.4. The normalized spacial score (nSPS) is 13.4. The monoisotopic (exact) mass is 851 g/mol. The molecule has 326 valence electrons. The number of alkyl carbamates (subject to hydrolysis) is 1. The summed E-state index contributed by atoms with van der Waals surface area (Å²) in [6.07, 6.45) is 2.40. The number of carbonyl (C=O) groups is 7. The fraction of sp³-hybridized carbons (Fsp3) is 0.302. The number of benzene rings is 3. The number of primary amides is 1. The second-order valence-corrected chi connectivity index (χ2v) is 14.4. The van der Waals surface area contributed by atoms with Gasteiger partial charge in [0.25, 0.3) is 0 Å². The number of aromatic nitrogens is 3. The molecule has 0 radical (unpaired) electrons. The molecule has 2 heterocycles. The molecule has 0 spiro atoms. The Bertz CT molecular complexity index is 2290. The van der Waals surface area contributed by atoms with E-state index in [0.717, 1.165) is 16.5 Å². The van der Waals surface area contributed by atoms with E-state index in [2.05, 4.69) is 41.5 Å². The minimum Gasteiger partial charge on any atom is -0.481 e. The highest BCUT2D eigenvalue weighted by atomic mass is 16.5. The molecule has 5 rings (SSSR count). The molecule has 19 nitrogen and oxygen atoms in total. The number of hydrogen-bond donors (Lipinski definition) is 9. The lowest BCUT2D eigenvalue weighted by molar-refractivity contribution is -0.138. The molecule has 0 saturated carbocycles. The van der Waals surface area contributed by atoms with Gasteiger partial charge in [-0.2, -0.15) is 0 Å². The Morgan fingerprint density at radius 1 is 0.694 bits per heavy atom. The van der Waals surface area contributed by atoms with Crippen molar-refractivity contribution in [3.8, 4) is 0 Å². The van der Waals surface area contributed by atoms with Crippen molar-refractivity contribution in [3.05, 3.63) is 126 Å². The molecule has 6 amide bonds. The van der Waals surface area contributed by atoms with Crippen LogP contribution in [-0.4, -0.2) is 98.5 Å². The molecule has 3 aromatic carbocycles. The molecule has 0 aliphatic carbocycles. The minimum atomic E-state index is -1.55. The van der Waals surface area contributed by atoms with E-state index in [0.29, 0.717) is 16.8 Å². The van der Waals surface area contributed by atoms with Crippen LogP contribution in [0.2, 0.25) is 0 Å². The average molecular weight is 852 g/mol. The Hall–Kier alpha value is -7.54. The highest BCUT2D eigenvalue weighted by Crippen LogP contribution is 2.19. The van der Waals surface area contributed by atoms with E-state index in [4.69, 9.17) is 15.2 Å². The lowest BCUT2D eigenvalue weighted by Gasteiger charge is -2.26. The van der Waals surface area contributed by atoms with Crippen molar-refractivity contribution in [2.75, 3.05) is 6.61 Å². The number of aromatic amines is 2. The summed E-state index contributed by atoms with van der Waals surface area (Å²) in [5, 5.41) is 23.1. The van der Waals surface area contributed by atoms with Crippen molar-refractivity contribution in [1.29, 1.82) is 0 Å². The first kappa shape index (κ1) is 45.5. The van der Waals surface area contributed by atoms with E-state index >= 15 is 0 Å². The van der Waals surface area contributed by atoms with E-state index < -0.39 is 91.3 Å². The molecule has 0 unspecified atom stereocenters. The van der Waals surface area contributed by atoms with Gasteiger partial charge in [0, 0.05) is 48.3 Å². The lowest BCUT2D eigenvalue weighted by atomic mass is 10.0. The molecule has 0 aliphatic heterocycles. The van der Waals surface area contributed by atoms with Gasteiger partial charge in [0.15, 0.2) is 0 Å². The SMILES string of the molecule is C[C@@H](NC(=O)[C@H](Cc1c[nH]c2ccccc12)NC(=O)[C@H](COCc1ccccc1)NC(=O)[C@H](CCC(=O)O)NC(=O)[C@H](Cc1cnc[nH]1)NC(=O)OCc1ccccc1)C(N)=O. The first-order valence-electron chi connectivity index (χ1n) is 19.7. The molecule has 5 aromatic rings. The van der Waals surface area contributed by atoms with Crippen LogP contribution in [0.25, 0.3) is 10.9 Å². The fourth-order valence-electron chi connectivity index (χ4n) is 6.25. The van der Waals surface area contributed by atoms with Crippen LogP contribution in [0.3, 0.4) is 0 Å². The third-order valence-electron chi connectivity index (χ3n) is 9.63. The second-order valence-electron chi connectivity index (χ2n) is 14.4. The summed E-state index contributed by atoms with van der Waals surface area (Å²) < 4.78 is 11.2. The third-order valence-corrected chi connectivity index (χ3v) is 9.63. The van der Waals surface area contributed by atoms with Crippen LogP contribution in [-0.2, 0) is 64.3 Å². The summed E-state index contributed by atoms with van der Waals surface area (Å²) in [4.78, 5) is 102. The van der Waals surface area contributed by atoms with Crippen LogP contribution >= 0.6 is 0 Å². The predicted molar refractivity (Wildman–Crippen MR) is 223 cm³/mol. The number of rotatable bonds is 23. The highest BCUT2D eigenvalue weighted by Gasteiger charge is 2.33. The summed E-state index contributed by atoms with van der Waals surface area (Å²) in [6.45, 7) is 0.886. The first-order chi connectivity index (χ1) is 29.9. The Morgan fingerprint density at radius 3 is 1.94 bits per heavy atom. The van der Waals surface area contributed by atoms with E-state index in [1.807, 2.05) is 30.3 Å². The number of H-pyrrole nitrogens is 2. The molecule has 19 heteroatoms. The van der Waals surface area contributed by atoms with Gasteiger partial charge in [-0.1, -0.05) is 78.9 Å². The van der Waals surface area contributed by atoms with Crippen LogP contribution in [0.4, 0.5) is 4.79 Å². The molecule has 0 aliphatic rings. The van der Waals surface area contributed by atoms with Gasteiger partial charge in [-0.25, -0.2) is 9.78 Å². The zero-order valence-corrected chi connectivity index (χ0v) is 33.8. The zero-order valence-electron chi connectivity index (χ0n) is 33.8. The number of ether oxygens (including phenoxy) is 2. The molecular weight excluding hydrogens is 803 g/mol. The van der Waals surface area contributed by atoms with Crippen molar-refractivity contribution in [2.45, 2.75) is 76.0 Å². The highest BCUT2D eigenvalue weighted by molar-refractivity contribution is 5.97. The molecular formula is C43H49N9O10. The molecule has 2 aromatic heterocycles. The number of carboxylic acids is 1. The molecule has 0 saturated heterocycles. The average Bonchev–Trinajstić information content (AvgIpc) is 3.94. The maximum atomic E-state index is 14.2. The number of carbonyl (C=O) groups excluding carboxylic acids is 6. The van der Waals surface area contributed by atoms with Crippen molar-refractivity contribution in [3.63, 3.8) is 0 Å². The second kappa shape index (κ2) is 22.7. The van der Waals surface area contributed by atoms with E-state index in [1.54, 1.807) is 60.8 Å². The van der Waals surface area contributed by atoms with Crippen molar-refractivity contribution in [1.82, 2.24) is 41.5 Å². The van der Waals surface area contributed by atoms with Gasteiger partial charge in [-0.3, -0.25) is 28.8 Å². The maximum Gasteiger partial charge on any atom is 0.408 e. The number of nitrogens with two attached hydrogens (primary N) is 1. The van der Waals surface area contributed by atoms with Crippen molar-refractivity contribution < 1.29 is 48.1 Å². The summed E-state index contributed by atoms with van der Waals surface area (Å²) in [6, 6.07) is 18.3. The largest absolute Gasteiger partial charge is 0.481 e. The molecule has 5 atom stereocenters. The Balaban J connectivity index is 1.37. The van der Waals surface area contributed by atoms with Crippen molar-refractivity contribution >= 4 is 52.5 Å². The lowest BCUT2D eigenvalue weighted by Crippen LogP contribution is -2.60. The summed E-state index contributed by atoms with van der Waals surface area (Å²) in [5.41, 5.74) is 8.74. The van der Waals surface area contributed by atoms with Gasteiger partial charge in [0.05, 0.1) is 19.5 Å². The summed E-state index contributed by atoms with van der Waals surface area (Å²) in [7, 11) is 0. The molecule has 0 fully saturated rings. The van der Waals surface area contributed by atoms with Crippen molar-refractivity contribution in [2.24, 2.45) is 5.73 Å². The Labute approximate surface area is 355 Å². The number of para-hydroxylation sites is 1. The van der Waals surface area contributed by atoms with Gasteiger partial charge in [0.2, 0.25) is 29.5 Å². The number of fused-ring (bicyclic) bond motifs is 1. The fourth-order valence-corrected chi connectivity index (χ4v) is 6.25. The van der Waals surface area contributed by atoms with Gasteiger partial charge >= 0.3 is 12.1 Å². The number of nitrogens with one attached hydrogen (secondary N) is 7. The maximum absolute atomic E-state index is 14.2. The van der Waals surface area contributed by atoms with Gasteiger partial charge in [0.1, 0.15) is 36.8 Å². The van der Waals surface area contributed by atoms with Crippen LogP contribution in [0.1, 0.15) is 42.1 Å². The Kier molecular flexibility index (Phi) is 16.7. The standard InChI is InChI=1S/C43H49N9O10/c1-26(38(44)55)48-40(57)34(18-29-20-46-32-15-9-8-14-31(29)32)50-42(59)36(24-61-22-27-10-4-2-5-11-27)51-39(56)33(16-17-37(53)54)49-41(58)35(19-30-21-45-25-47-30)52-43(60)62-23-28-12-6-3-7-13-28/h2-15,20-21,25-26,33-36,46H,16-19,22-24H2,1H3,(H2,44,55)(H,45,47)(H,48,57)(H,49,58)(H,50,59)(H,51,56)(H,52,60)(H,53,54)/t26-,33+,34+,35+,36+/m1/s1. The Morgan fingerprint density at radius 2 is 1.27 bits per heavy atom.